The van der Waals surface area contributed by atoms with E-state index < -0.39 is 0 Å². The van der Waals surface area contributed by atoms with E-state index in [9.17, 15) is 9.59 Å². The molecule has 6 nitrogen and oxygen atoms in total. The minimum Gasteiger partial charge on any atom is -1.00 e. The molecule has 3 N–H and O–H groups in total. The first kappa shape index (κ1) is 27.5. The molecule has 2 amide bonds. The smallest absolute Gasteiger partial charge is 0.257 e. The molecule has 1 aliphatic rings. The highest BCUT2D eigenvalue weighted by Gasteiger charge is 2.28. The van der Waals surface area contributed by atoms with E-state index in [2.05, 4.69) is 22.8 Å². The van der Waals surface area contributed by atoms with Crippen LogP contribution in [0.4, 0.5) is 17.1 Å². The molecule has 1 heterocycles. The number of benzene rings is 3. The fourth-order valence-corrected chi connectivity index (χ4v) is 4.48. The molecular formula is C28H31Cl2N3O3. The van der Waals surface area contributed by atoms with Crippen molar-refractivity contribution in [2.24, 2.45) is 0 Å². The van der Waals surface area contributed by atoms with E-state index in [1.807, 2.05) is 24.3 Å². The molecule has 0 radical (unpaired) electrons. The Kier molecular flexibility index (Phi) is 10.2. The lowest BCUT2D eigenvalue weighted by Crippen LogP contribution is -3.00. The number of rotatable bonds is 10. The van der Waals surface area contributed by atoms with E-state index in [0.29, 0.717) is 34.1 Å². The zero-order valence-electron chi connectivity index (χ0n) is 20.3. The number of hydrogen-bond donors (Lipinski definition) is 2. The number of nitrogens with zero attached hydrogens (tertiary/aromatic N) is 1. The first-order valence-corrected chi connectivity index (χ1v) is 12.4. The third kappa shape index (κ3) is 6.78. The van der Waals surface area contributed by atoms with Crippen molar-refractivity contribution >= 4 is 40.5 Å². The fraction of sp³-hybridized carbons (Fsp3) is 0.286. The van der Waals surface area contributed by atoms with Crippen molar-refractivity contribution in [2.45, 2.75) is 32.1 Å². The maximum Gasteiger partial charge on any atom is 0.257 e. The van der Waals surface area contributed by atoms with Gasteiger partial charge < -0.3 is 27.8 Å². The van der Waals surface area contributed by atoms with Crippen molar-refractivity contribution < 1.29 is 32.0 Å². The van der Waals surface area contributed by atoms with Crippen LogP contribution in [0.25, 0.3) is 0 Å². The number of amides is 2. The Labute approximate surface area is 223 Å². The van der Waals surface area contributed by atoms with Crippen LogP contribution in [-0.2, 0) is 11.2 Å². The number of nitrogens with two attached hydrogens (primary N) is 1. The van der Waals surface area contributed by atoms with Crippen molar-refractivity contribution in [1.82, 2.24) is 0 Å². The number of hydrogen-bond acceptors (Lipinski definition) is 3. The second kappa shape index (κ2) is 13.3. The summed E-state index contributed by atoms with van der Waals surface area (Å²) in [4.78, 5) is 27.7. The molecule has 3 aromatic rings. The summed E-state index contributed by atoms with van der Waals surface area (Å²) >= 11 is 6.16. The van der Waals surface area contributed by atoms with Gasteiger partial charge in [0.2, 0.25) is 5.91 Å². The number of carbonyl (C=O) groups is 2. The van der Waals surface area contributed by atoms with Crippen LogP contribution in [0.2, 0.25) is 5.02 Å². The lowest BCUT2D eigenvalue weighted by Gasteiger charge is -2.24. The summed E-state index contributed by atoms with van der Waals surface area (Å²) in [6.45, 7) is 2.08. The minimum absolute atomic E-state index is 0. The monoisotopic (exact) mass is 527 g/mol. The predicted molar refractivity (Wildman–Crippen MR) is 140 cm³/mol. The van der Waals surface area contributed by atoms with E-state index in [4.69, 9.17) is 16.3 Å². The highest BCUT2D eigenvalue weighted by Crippen LogP contribution is 2.39. The first-order valence-electron chi connectivity index (χ1n) is 12.0. The van der Waals surface area contributed by atoms with Crippen LogP contribution in [0.5, 0.6) is 5.75 Å². The average molecular weight is 528 g/mol. The molecular weight excluding hydrogens is 497 g/mol. The molecule has 0 atom stereocenters. The maximum atomic E-state index is 13.3. The standard InChI is InChI=1S/C28H30ClN3O3.ClH/c1-35-22-13-10-20(11-14-22)16-18-30-17-6-2-3-9-27(33)32-25-8-5-4-7-23(25)28(34)31-24-19-21(29)12-15-26(24)32;/h4-5,7-8,10-15,19,30H,2-3,6,9,16-18H2,1H3,(H,31,34);1H. The van der Waals surface area contributed by atoms with Crippen LogP contribution in [-0.4, -0.2) is 32.0 Å². The second-order valence-electron chi connectivity index (χ2n) is 8.64. The number of quaternary nitrogens is 1. The summed E-state index contributed by atoms with van der Waals surface area (Å²) in [5.74, 6) is 0.608. The number of methoxy groups -OCH3 is 1. The van der Waals surface area contributed by atoms with E-state index in [1.54, 1.807) is 42.3 Å². The van der Waals surface area contributed by atoms with Crippen molar-refractivity contribution in [3.8, 4) is 5.75 Å². The van der Waals surface area contributed by atoms with Crippen molar-refractivity contribution in [3.05, 3.63) is 82.9 Å². The Hall–Kier alpha value is -3.06. The van der Waals surface area contributed by atoms with Gasteiger partial charge in [-0.25, -0.2) is 0 Å². The van der Waals surface area contributed by atoms with Crippen LogP contribution < -0.4 is 32.7 Å². The molecule has 0 saturated carbocycles. The number of fused-ring (bicyclic) bond motifs is 2. The Morgan fingerprint density at radius 3 is 2.53 bits per heavy atom. The molecule has 36 heavy (non-hydrogen) atoms. The predicted octanol–water partition coefficient (Wildman–Crippen LogP) is 1.95. The van der Waals surface area contributed by atoms with Gasteiger partial charge in [0.25, 0.3) is 5.91 Å². The van der Waals surface area contributed by atoms with Crippen molar-refractivity contribution in [3.63, 3.8) is 0 Å². The summed E-state index contributed by atoms with van der Waals surface area (Å²) < 4.78 is 5.20. The highest BCUT2D eigenvalue weighted by atomic mass is 35.5. The van der Waals surface area contributed by atoms with E-state index in [1.165, 1.54) is 5.56 Å². The van der Waals surface area contributed by atoms with Crippen LogP contribution in [0.3, 0.4) is 0 Å². The molecule has 8 heteroatoms. The molecule has 3 aromatic carbocycles. The summed E-state index contributed by atoms with van der Waals surface area (Å²) in [6.07, 6.45) is 4.27. The van der Waals surface area contributed by atoms with E-state index >= 15 is 0 Å². The molecule has 0 aliphatic carbocycles. The van der Waals surface area contributed by atoms with Gasteiger partial charge in [0, 0.05) is 17.9 Å². The molecule has 1 aliphatic heterocycles. The van der Waals surface area contributed by atoms with Gasteiger partial charge in [0.1, 0.15) is 5.75 Å². The van der Waals surface area contributed by atoms with Crippen LogP contribution in [0.1, 0.15) is 41.6 Å². The van der Waals surface area contributed by atoms with E-state index in [0.717, 1.165) is 44.5 Å². The number of nitrogens with one attached hydrogen (secondary N) is 1. The number of carbonyl (C=O) groups excluding carboxylic acids is 2. The molecule has 0 saturated heterocycles. The molecule has 0 aromatic heterocycles. The summed E-state index contributed by atoms with van der Waals surface area (Å²) in [7, 11) is 1.68. The second-order valence-corrected chi connectivity index (χ2v) is 9.07. The highest BCUT2D eigenvalue weighted by molar-refractivity contribution is 6.31. The third-order valence-electron chi connectivity index (χ3n) is 6.18. The number of halogens is 2. The molecule has 0 bridgehead atoms. The van der Waals surface area contributed by atoms with Gasteiger partial charge in [-0.1, -0.05) is 35.9 Å². The fourth-order valence-electron chi connectivity index (χ4n) is 4.31. The SMILES string of the molecule is COc1ccc(CC[NH2+]CCCCCC(=O)N2c3ccc(Cl)cc3NC(=O)c3ccccc32)cc1.[Cl-]. The zero-order chi connectivity index (χ0) is 24.6. The van der Waals surface area contributed by atoms with Gasteiger partial charge >= 0.3 is 0 Å². The Morgan fingerprint density at radius 2 is 1.75 bits per heavy atom. The van der Waals surface area contributed by atoms with Crippen LogP contribution in [0.15, 0.2) is 66.7 Å². The number of anilines is 3. The van der Waals surface area contributed by atoms with Crippen molar-refractivity contribution in [2.75, 3.05) is 30.4 Å². The molecule has 0 fully saturated rings. The molecule has 0 spiro atoms. The van der Waals surface area contributed by atoms with Gasteiger partial charge in [-0.15, -0.1) is 0 Å². The van der Waals surface area contributed by atoms with Gasteiger partial charge in [-0.3, -0.25) is 14.5 Å². The molecule has 190 valence electrons. The van der Waals surface area contributed by atoms with Gasteiger partial charge in [-0.2, -0.15) is 0 Å². The Balaban J connectivity index is 0.00000361. The Bertz CT molecular complexity index is 1180. The maximum absolute atomic E-state index is 13.3. The number of unbranched alkanes of at least 4 members (excludes halogenated alkanes) is 2. The molecule has 0 unspecified atom stereocenters. The van der Waals surface area contributed by atoms with Gasteiger partial charge in [0.15, 0.2) is 0 Å². The molecule has 4 rings (SSSR count). The largest absolute Gasteiger partial charge is 1.00 e. The summed E-state index contributed by atoms with van der Waals surface area (Å²) in [5.41, 5.74) is 3.56. The van der Waals surface area contributed by atoms with Crippen molar-refractivity contribution in [1.29, 1.82) is 0 Å². The minimum atomic E-state index is -0.246. The third-order valence-corrected chi connectivity index (χ3v) is 6.42. The zero-order valence-corrected chi connectivity index (χ0v) is 21.8. The Morgan fingerprint density at radius 1 is 0.972 bits per heavy atom. The van der Waals surface area contributed by atoms with Crippen LogP contribution >= 0.6 is 11.6 Å². The number of ether oxygens (including phenoxy) is 1. The lowest BCUT2D eigenvalue weighted by molar-refractivity contribution is -0.654. The topological polar surface area (TPSA) is 75.2 Å². The first-order chi connectivity index (χ1) is 17.1. The normalized spacial score (nSPS) is 12.1. The van der Waals surface area contributed by atoms with Gasteiger partial charge in [-0.05, 0) is 67.3 Å². The summed E-state index contributed by atoms with van der Waals surface area (Å²) in [5, 5.41) is 5.72. The van der Waals surface area contributed by atoms with E-state index in [-0.39, 0.29) is 24.2 Å². The summed E-state index contributed by atoms with van der Waals surface area (Å²) in [6, 6.07) is 20.6. The van der Waals surface area contributed by atoms with Gasteiger partial charge in [0.05, 0.1) is 42.8 Å². The number of para-hydroxylation sites is 1. The quantitative estimate of drug-likeness (QED) is 0.395. The average Bonchev–Trinajstić information content (AvgIpc) is 2.99. The lowest BCUT2D eigenvalue weighted by atomic mass is 10.1. The van der Waals surface area contributed by atoms with Crippen LogP contribution in [0, 0.1) is 0 Å².